The Morgan fingerprint density at radius 2 is 1.72 bits per heavy atom. The average Bonchev–Trinajstić information content (AvgIpc) is 3.38. The minimum Gasteiger partial charge on any atom is -0.363 e. The van der Waals surface area contributed by atoms with Gasteiger partial charge in [-0.05, 0) is 47.4 Å². The van der Waals surface area contributed by atoms with Crippen LogP contribution in [-0.4, -0.2) is 11.5 Å². The summed E-state index contributed by atoms with van der Waals surface area (Å²) in [4.78, 5) is 14.0. The van der Waals surface area contributed by atoms with Gasteiger partial charge in [-0.1, -0.05) is 54.1 Å². The first-order valence-corrected chi connectivity index (χ1v) is 10.7. The second kappa shape index (κ2) is 6.20. The summed E-state index contributed by atoms with van der Waals surface area (Å²) in [5.74, 6) is 1.29. The van der Waals surface area contributed by atoms with Gasteiger partial charge in [0.25, 0.3) is 5.69 Å². The first-order valence-electron chi connectivity index (χ1n) is 10.3. The molecule has 0 saturated carbocycles. The van der Waals surface area contributed by atoms with Gasteiger partial charge in [0.2, 0.25) is 0 Å². The van der Waals surface area contributed by atoms with Crippen molar-refractivity contribution in [2.24, 2.45) is 11.8 Å². The van der Waals surface area contributed by atoms with Crippen molar-refractivity contribution in [2.75, 3.05) is 11.4 Å². The number of anilines is 1. The summed E-state index contributed by atoms with van der Waals surface area (Å²) in [7, 11) is 0. The van der Waals surface area contributed by atoms with E-state index in [9.17, 15) is 10.1 Å². The van der Waals surface area contributed by atoms with E-state index in [0.717, 1.165) is 35.5 Å². The molecule has 4 nitrogen and oxygen atoms in total. The lowest BCUT2D eigenvalue weighted by atomic mass is 9.70. The van der Waals surface area contributed by atoms with E-state index in [1.54, 1.807) is 0 Å². The van der Waals surface area contributed by atoms with Crippen molar-refractivity contribution in [3.63, 3.8) is 0 Å². The van der Waals surface area contributed by atoms with Gasteiger partial charge >= 0.3 is 0 Å². The Bertz CT molecular complexity index is 1080. The third-order valence-corrected chi connectivity index (χ3v) is 7.61. The second-order valence-electron chi connectivity index (χ2n) is 8.65. The number of halogens is 1. The van der Waals surface area contributed by atoms with Crippen molar-refractivity contribution in [1.29, 1.82) is 0 Å². The molecule has 0 N–H and O–H groups in total. The number of non-ortho nitro benzene ring substituents is 1. The molecular weight excluding hydrogens is 384 g/mol. The van der Waals surface area contributed by atoms with Gasteiger partial charge in [-0.25, -0.2) is 0 Å². The van der Waals surface area contributed by atoms with Gasteiger partial charge in [0, 0.05) is 41.2 Å². The predicted octanol–water partition coefficient (Wildman–Crippen LogP) is 6.14. The Kier molecular flexibility index (Phi) is 3.70. The molecule has 4 aliphatic rings. The van der Waals surface area contributed by atoms with Gasteiger partial charge in [-0.3, -0.25) is 10.1 Å². The fourth-order valence-electron chi connectivity index (χ4n) is 6.13. The van der Waals surface area contributed by atoms with Gasteiger partial charge in [-0.15, -0.1) is 0 Å². The molecule has 6 rings (SSSR count). The third kappa shape index (κ3) is 2.39. The quantitative estimate of drug-likeness (QED) is 0.343. The van der Waals surface area contributed by atoms with Crippen LogP contribution in [0.2, 0.25) is 5.02 Å². The van der Waals surface area contributed by atoms with Crippen LogP contribution in [0.5, 0.6) is 0 Å². The highest BCUT2D eigenvalue weighted by atomic mass is 35.5. The molecule has 2 aromatic rings. The molecule has 2 heterocycles. The molecule has 146 valence electrons. The highest BCUT2D eigenvalue weighted by Crippen LogP contribution is 2.59. The molecule has 5 atom stereocenters. The number of fused-ring (bicyclic) bond motifs is 4. The molecule has 0 aromatic heterocycles. The third-order valence-electron chi connectivity index (χ3n) is 7.27. The Labute approximate surface area is 174 Å². The molecule has 0 unspecified atom stereocenters. The SMILES string of the molecule is O=[N+]([O-])c1cc2c3c(c1)[C@H]1C=CC[C@H]1[C@@H](c1ccccc1Cl)N3C[C@H]1CC=C[C@H]21. The topological polar surface area (TPSA) is 46.4 Å². The number of nitro groups is 1. The van der Waals surface area contributed by atoms with Crippen molar-refractivity contribution in [3.05, 3.63) is 92.5 Å². The second-order valence-corrected chi connectivity index (χ2v) is 9.06. The van der Waals surface area contributed by atoms with Crippen molar-refractivity contribution < 1.29 is 4.92 Å². The van der Waals surface area contributed by atoms with Crippen LogP contribution in [0.1, 0.15) is 47.4 Å². The van der Waals surface area contributed by atoms with E-state index in [2.05, 4.69) is 41.3 Å². The molecule has 0 fully saturated rings. The fraction of sp³-hybridized carbons (Fsp3) is 0.333. The maximum atomic E-state index is 11.7. The van der Waals surface area contributed by atoms with Crippen LogP contribution in [0, 0.1) is 22.0 Å². The van der Waals surface area contributed by atoms with Crippen LogP contribution in [0.3, 0.4) is 0 Å². The van der Waals surface area contributed by atoms with Crippen molar-refractivity contribution >= 4 is 23.0 Å². The van der Waals surface area contributed by atoms with Crippen LogP contribution >= 0.6 is 11.6 Å². The van der Waals surface area contributed by atoms with Gasteiger partial charge in [0.1, 0.15) is 0 Å². The zero-order chi connectivity index (χ0) is 19.7. The molecule has 0 spiro atoms. The zero-order valence-corrected chi connectivity index (χ0v) is 16.6. The maximum Gasteiger partial charge on any atom is 0.270 e. The molecular formula is C24H21ClN2O2. The number of nitrogens with zero attached hydrogens (tertiary/aromatic N) is 2. The first-order chi connectivity index (χ1) is 14.1. The molecule has 0 radical (unpaired) electrons. The van der Waals surface area contributed by atoms with Gasteiger partial charge in [0.15, 0.2) is 0 Å². The molecule has 2 aromatic carbocycles. The van der Waals surface area contributed by atoms with E-state index in [0.29, 0.717) is 11.8 Å². The van der Waals surface area contributed by atoms with E-state index in [1.165, 1.54) is 11.3 Å². The van der Waals surface area contributed by atoms with Crippen LogP contribution < -0.4 is 4.90 Å². The molecule has 2 aliphatic heterocycles. The molecule has 0 bridgehead atoms. The lowest BCUT2D eigenvalue weighted by Crippen LogP contribution is -2.46. The van der Waals surface area contributed by atoms with Crippen LogP contribution in [0.15, 0.2) is 60.7 Å². The van der Waals surface area contributed by atoms with Crippen molar-refractivity contribution in [2.45, 2.75) is 30.7 Å². The smallest absolute Gasteiger partial charge is 0.270 e. The minimum atomic E-state index is -0.239. The molecule has 2 aliphatic carbocycles. The lowest BCUT2D eigenvalue weighted by Gasteiger charge is -2.51. The minimum absolute atomic E-state index is 0.193. The zero-order valence-electron chi connectivity index (χ0n) is 15.9. The predicted molar refractivity (Wildman–Crippen MR) is 115 cm³/mol. The fourth-order valence-corrected chi connectivity index (χ4v) is 6.38. The summed E-state index contributed by atoms with van der Waals surface area (Å²) in [6.07, 6.45) is 11.0. The molecule has 0 saturated heterocycles. The van der Waals surface area contributed by atoms with Crippen molar-refractivity contribution in [3.8, 4) is 0 Å². The number of allylic oxidation sites excluding steroid dienone is 4. The van der Waals surface area contributed by atoms with Crippen molar-refractivity contribution in [1.82, 2.24) is 0 Å². The maximum absolute atomic E-state index is 11.7. The highest BCUT2D eigenvalue weighted by Gasteiger charge is 2.48. The normalized spacial score (nSPS) is 30.8. The molecule has 29 heavy (non-hydrogen) atoms. The number of hydrogen-bond donors (Lipinski definition) is 0. The summed E-state index contributed by atoms with van der Waals surface area (Å²) < 4.78 is 0. The largest absolute Gasteiger partial charge is 0.363 e. The number of rotatable bonds is 2. The van der Waals surface area contributed by atoms with Crippen LogP contribution in [0.25, 0.3) is 0 Å². The molecule has 0 amide bonds. The summed E-state index contributed by atoms with van der Waals surface area (Å²) in [6.45, 7) is 0.967. The van der Waals surface area contributed by atoms with E-state index < -0.39 is 0 Å². The summed E-state index contributed by atoms with van der Waals surface area (Å²) in [5, 5.41) is 12.5. The monoisotopic (exact) mass is 404 g/mol. The van der Waals surface area contributed by atoms with Gasteiger partial charge in [-0.2, -0.15) is 0 Å². The number of hydrogen-bond acceptors (Lipinski definition) is 3. The Morgan fingerprint density at radius 3 is 2.52 bits per heavy atom. The molecule has 5 heteroatoms. The number of benzene rings is 2. The Morgan fingerprint density at radius 1 is 1.00 bits per heavy atom. The van der Waals surface area contributed by atoms with E-state index in [-0.39, 0.29) is 28.5 Å². The standard InChI is InChI=1S/C24H21ClN2O2/c25-22-10-2-1-6-19(22)23-18-9-4-8-17(18)21-12-15(27(28)29)11-20-16-7-3-5-14(16)13-26(23)24(20)21/h1-4,6-8,10-12,14,16-18,23H,5,9,13H2/t14-,16+,17+,18-,23+/m1/s1. The summed E-state index contributed by atoms with van der Waals surface area (Å²) in [5.41, 5.74) is 4.84. The van der Waals surface area contributed by atoms with E-state index in [4.69, 9.17) is 11.6 Å². The Balaban J connectivity index is 1.62. The lowest BCUT2D eigenvalue weighted by molar-refractivity contribution is -0.385. The van der Waals surface area contributed by atoms with Gasteiger partial charge < -0.3 is 4.90 Å². The Hall–Kier alpha value is -2.59. The average molecular weight is 405 g/mol. The van der Waals surface area contributed by atoms with Crippen LogP contribution in [0.4, 0.5) is 11.4 Å². The number of nitro benzene ring substituents is 1. The van der Waals surface area contributed by atoms with E-state index in [1.807, 2.05) is 24.3 Å². The summed E-state index contributed by atoms with van der Waals surface area (Å²) in [6, 6.07) is 12.0. The first kappa shape index (κ1) is 17.3. The van der Waals surface area contributed by atoms with Crippen LogP contribution in [-0.2, 0) is 0 Å². The highest BCUT2D eigenvalue weighted by molar-refractivity contribution is 6.31. The van der Waals surface area contributed by atoms with E-state index >= 15 is 0 Å². The van der Waals surface area contributed by atoms with Gasteiger partial charge in [0.05, 0.1) is 11.0 Å². The summed E-state index contributed by atoms with van der Waals surface area (Å²) >= 11 is 6.68.